The largest absolute Gasteiger partial charge is 0.486 e. The molecule has 2 aliphatic heterocycles. The van der Waals surface area contributed by atoms with Gasteiger partial charge in [0.05, 0.1) is 31.1 Å². The summed E-state index contributed by atoms with van der Waals surface area (Å²) in [4.78, 5) is 18.9. The Balaban J connectivity index is 1.07. The third kappa shape index (κ3) is 6.04. The molecule has 1 atom stereocenters. The average molecular weight is 493 g/mol. The summed E-state index contributed by atoms with van der Waals surface area (Å²) in [6.45, 7) is 5.89. The summed E-state index contributed by atoms with van der Waals surface area (Å²) < 4.78 is 16.4. The molecule has 190 valence electrons. The molecular formula is C27H32N4O5. The second-order valence-corrected chi connectivity index (χ2v) is 9.39. The molecule has 5 rings (SSSR count). The molecule has 1 fully saturated rings. The van der Waals surface area contributed by atoms with Crippen molar-refractivity contribution in [3.8, 4) is 5.75 Å². The van der Waals surface area contributed by atoms with E-state index >= 15 is 0 Å². The highest BCUT2D eigenvalue weighted by Crippen LogP contribution is 2.25. The van der Waals surface area contributed by atoms with Crippen LogP contribution in [0.3, 0.4) is 0 Å². The number of carbonyl (C=O) groups excluding carboxylic acids is 1. The number of amides is 1. The predicted octanol–water partition coefficient (Wildman–Crippen LogP) is 2.52. The number of aliphatic hydroxyl groups excluding tert-OH is 1. The van der Waals surface area contributed by atoms with Gasteiger partial charge in [-0.05, 0) is 54.8 Å². The van der Waals surface area contributed by atoms with Gasteiger partial charge in [0.2, 0.25) is 0 Å². The number of ether oxygens (including phenoxy) is 2. The molecule has 0 spiro atoms. The second-order valence-electron chi connectivity index (χ2n) is 9.39. The van der Waals surface area contributed by atoms with Crippen LogP contribution in [0.1, 0.15) is 32.9 Å². The van der Waals surface area contributed by atoms with Gasteiger partial charge in [-0.25, -0.2) is 4.98 Å². The van der Waals surface area contributed by atoms with Crippen LogP contribution < -0.4 is 15.4 Å². The molecule has 1 unspecified atom stereocenters. The summed E-state index contributed by atoms with van der Waals surface area (Å²) >= 11 is 0. The van der Waals surface area contributed by atoms with Gasteiger partial charge in [0.25, 0.3) is 5.91 Å². The first-order chi connectivity index (χ1) is 17.5. The fraction of sp³-hybridized carbons (Fsp3) is 0.407. The molecule has 3 aromatic rings. The van der Waals surface area contributed by atoms with Crippen molar-refractivity contribution in [2.45, 2.75) is 38.6 Å². The average Bonchev–Trinajstić information content (AvgIpc) is 3.28. The molecule has 2 aliphatic rings. The van der Waals surface area contributed by atoms with E-state index in [0.29, 0.717) is 38.0 Å². The minimum atomic E-state index is -0.656. The number of oxazole rings is 1. The number of carbonyl (C=O) groups is 1. The highest BCUT2D eigenvalue weighted by atomic mass is 16.5. The standard InChI is InChI=1S/C27H32N4O5/c1-18-26(36-17-29-18)16-35-25-6-5-21-12-31(8-7-19(21)10-25)13-24(32)11-28-27(33)20-3-2-4-22(9-20)30-23-14-34-15-23/h2-6,9-10,17,23-24,30,32H,7-8,11-16H2,1H3,(H,28,33). The number of aromatic nitrogens is 1. The summed E-state index contributed by atoms with van der Waals surface area (Å²) in [5, 5.41) is 16.8. The van der Waals surface area contributed by atoms with Crippen molar-refractivity contribution in [1.29, 1.82) is 0 Å². The number of aryl methyl sites for hydroxylation is 1. The lowest BCUT2D eigenvalue weighted by Crippen LogP contribution is -2.42. The molecule has 1 amide bonds. The molecule has 1 aromatic heterocycles. The first-order valence-corrected chi connectivity index (χ1v) is 12.3. The van der Waals surface area contributed by atoms with Crippen molar-refractivity contribution >= 4 is 11.6 Å². The first kappa shape index (κ1) is 24.3. The van der Waals surface area contributed by atoms with Gasteiger partial charge in [-0.1, -0.05) is 12.1 Å². The fourth-order valence-electron chi connectivity index (χ4n) is 4.43. The molecule has 0 aliphatic carbocycles. The Hall–Kier alpha value is -3.40. The van der Waals surface area contributed by atoms with E-state index in [4.69, 9.17) is 13.9 Å². The number of anilines is 1. The summed E-state index contributed by atoms with van der Waals surface area (Å²) in [5.41, 5.74) is 4.77. The van der Waals surface area contributed by atoms with Gasteiger partial charge in [0.1, 0.15) is 12.4 Å². The molecule has 0 radical (unpaired) electrons. The Morgan fingerprint density at radius 1 is 1.25 bits per heavy atom. The Morgan fingerprint density at radius 2 is 2.14 bits per heavy atom. The van der Waals surface area contributed by atoms with Gasteiger partial charge in [0.15, 0.2) is 12.2 Å². The lowest BCUT2D eigenvalue weighted by molar-refractivity contribution is 0.0211. The zero-order chi connectivity index (χ0) is 24.9. The highest BCUT2D eigenvalue weighted by molar-refractivity contribution is 5.95. The topological polar surface area (TPSA) is 109 Å². The summed E-state index contributed by atoms with van der Waals surface area (Å²) in [6, 6.07) is 13.8. The Bertz CT molecular complexity index is 1190. The van der Waals surface area contributed by atoms with Crippen molar-refractivity contribution in [3.63, 3.8) is 0 Å². The number of β-amino-alcohol motifs (C(OH)–C–C–N with tert-alkyl or cyclic N) is 1. The van der Waals surface area contributed by atoms with Crippen LogP contribution in [0.15, 0.2) is 53.3 Å². The third-order valence-electron chi connectivity index (χ3n) is 6.58. The van der Waals surface area contributed by atoms with Crippen LogP contribution in [0.25, 0.3) is 0 Å². The number of nitrogens with zero attached hydrogens (tertiary/aromatic N) is 2. The lowest BCUT2D eigenvalue weighted by Gasteiger charge is -2.30. The molecular weight excluding hydrogens is 460 g/mol. The van der Waals surface area contributed by atoms with Crippen molar-refractivity contribution < 1.29 is 23.8 Å². The predicted molar refractivity (Wildman–Crippen MR) is 134 cm³/mol. The van der Waals surface area contributed by atoms with E-state index in [1.165, 1.54) is 17.5 Å². The maximum absolute atomic E-state index is 12.6. The molecule has 9 nitrogen and oxygen atoms in total. The van der Waals surface area contributed by atoms with Crippen molar-refractivity contribution in [1.82, 2.24) is 15.2 Å². The second kappa shape index (κ2) is 11.1. The number of nitrogens with one attached hydrogen (secondary N) is 2. The molecule has 3 heterocycles. The van der Waals surface area contributed by atoms with Crippen molar-refractivity contribution in [2.24, 2.45) is 0 Å². The van der Waals surface area contributed by atoms with E-state index in [0.717, 1.165) is 42.4 Å². The zero-order valence-electron chi connectivity index (χ0n) is 20.4. The van der Waals surface area contributed by atoms with Crippen LogP contribution in [-0.2, 0) is 24.3 Å². The number of hydrogen-bond acceptors (Lipinski definition) is 8. The highest BCUT2D eigenvalue weighted by Gasteiger charge is 2.21. The van der Waals surface area contributed by atoms with Gasteiger partial charge < -0.3 is 29.6 Å². The van der Waals surface area contributed by atoms with Crippen molar-refractivity contribution in [2.75, 3.05) is 38.2 Å². The molecule has 1 saturated heterocycles. The first-order valence-electron chi connectivity index (χ1n) is 12.3. The Morgan fingerprint density at radius 3 is 2.92 bits per heavy atom. The minimum absolute atomic E-state index is 0.195. The molecule has 0 bridgehead atoms. The number of aliphatic hydroxyl groups is 1. The summed E-state index contributed by atoms with van der Waals surface area (Å²) in [6.07, 6.45) is 1.65. The Kier molecular flexibility index (Phi) is 7.50. The van der Waals surface area contributed by atoms with Crippen LogP contribution >= 0.6 is 0 Å². The number of fused-ring (bicyclic) bond motifs is 1. The molecule has 9 heteroatoms. The number of rotatable bonds is 10. The number of benzene rings is 2. The quantitative estimate of drug-likeness (QED) is 0.396. The van der Waals surface area contributed by atoms with Crippen LogP contribution in [0.5, 0.6) is 5.75 Å². The maximum atomic E-state index is 12.6. The van der Waals surface area contributed by atoms with E-state index in [9.17, 15) is 9.90 Å². The van der Waals surface area contributed by atoms with Gasteiger partial charge >= 0.3 is 0 Å². The summed E-state index contributed by atoms with van der Waals surface area (Å²) in [5.74, 6) is 1.34. The minimum Gasteiger partial charge on any atom is -0.486 e. The molecule has 36 heavy (non-hydrogen) atoms. The van der Waals surface area contributed by atoms with Crippen LogP contribution in [0.2, 0.25) is 0 Å². The maximum Gasteiger partial charge on any atom is 0.251 e. The number of hydrogen-bond donors (Lipinski definition) is 3. The molecule has 2 aromatic carbocycles. The van der Waals surface area contributed by atoms with Crippen LogP contribution in [0, 0.1) is 6.92 Å². The monoisotopic (exact) mass is 492 g/mol. The fourth-order valence-corrected chi connectivity index (χ4v) is 4.43. The smallest absolute Gasteiger partial charge is 0.251 e. The van der Waals surface area contributed by atoms with E-state index in [1.807, 2.05) is 31.2 Å². The SMILES string of the molecule is Cc1ncoc1COc1ccc2c(c1)CCN(CC(O)CNC(=O)c1cccc(NC3COC3)c1)C2. The molecule has 0 saturated carbocycles. The van der Waals surface area contributed by atoms with Gasteiger partial charge in [-0.2, -0.15) is 0 Å². The van der Waals surface area contributed by atoms with Crippen LogP contribution in [-0.4, -0.2) is 65.9 Å². The molecule has 3 N–H and O–H groups in total. The van der Waals surface area contributed by atoms with E-state index < -0.39 is 6.10 Å². The zero-order valence-corrected chi connectivity index (χ0v) is 20.4. The normalized spacial score (nSPS) is 16.6. The Labute approximate surface area is 210 Å². The van der Waals surface area contributed by atoms with E-state index in [-0.39, 0.29) is 12.5 Å². The lowest BCUT2D eigenvalue weighted by atomic mass is 9.99. The van der Waals surface area contributed by atoms with E-state index in [1.54, 1.807) is 6.07 Å². The third-order valence-corrected chi connectivity index (χ3v) is 6.58. The van der Waals surface area contributed by atoms with E-state index in [2.05, 4.69) is 32.7 Å². The van der Waals surface area contributed by atoms with Gasteiger partial charge in [-0.15, -0.1) is 0 Å². The van der Waals surface area contributed by atoms with Gasteiger partial charge in [0, 0.05) is 37.4 Å². The van der Waals surface area contributed by atoms with Crippen LogP contribution in [0.4, 0.5) is 5.69 Å². The summed E-state index contributed by atoms with van der Waals surface area (Å²) in [7, 11) is 0. The van der Waals surface area contributed by atoms with Gasteiger partial charge in [-0.3, -0.25) is 9.69 Å². The van der Waals surface area contributed by atoms with Crippen molar-refractivity contribution in [3.05, 3.63) is 77.0 Å².